The highest BCUT2D eigenvalue weighted by Crippen LogP contribution is 2.41. The zero-order valence-corrected chi connectivity index (χ0v) is 45.8. The molecule has 0 aromatic rings. The minimum Gasteiger partial charge on any atom is -0.459 e. The van der Waals surface area contributed by atoms with Crippen LogP contribution in [0.25, 0.3) is 0 Å². The van der Waals surface area contributed by atoms with Gasteiger partial charge in [-0.1, -0.05) is 118 Å². The van der Waals surface area contributed by atoms with Gasteiger partial charge in [-0.05, 0) is 152 Å². The van der Waals surface area contributed by atoms with Crippen molar-refractivity contribution < 1.29 is 38.1 Å². The Kier molecular flexibility index (Phi) is 29.3. The standard InChI is InChI=1S/C15H30O2.2C13H26O2.C12H24O2/c1-9-14(7,8)12(16)17-15(10-2,11-3)13(4,5)6;1-8-12(5,6)11(14)15-13(7,9-2)10(3)4;1-7-12(5,6)11(14)15-13(8-2,9-3)10-4;1-7-11(4,5)10(13)14-12(6,8-2)9-3/h9-11H2,1-8H3;10H,8-9H2,1-7H3;7-10H2,1-6H3;7-9H2,1-6H3. The van der Waals surface area contributed by atoms with Crippen molar-refractivity contribution in [3.8, 4) is 0 Å². The van der Waals surface area contributed by atoms with Gasteiger partial charge < -0.3 is 18.9 Å². The quantitative estimate of drug-likeness (QED) is 0.0829. The fourth-order valence-corrected chi connectivity index (χ4v) is 5.51. The highest BCUT2D eigenvalue weighted by Gasteiger charge is 2.45. The van der Waals surface area contributed by atoms with E-state index in [0.29, 0.717) is 5.92 Å². The third-order valence-electron chi connectivity index (χ3n) is 14.9. The van der Waals surface area contributed by atoms with E-state index < -0.39 is 0 Å². The molecule has 0 aromatic heterocycles. The number of esters is 4. The molecule has 0 N–H and O–H groups in total. The van der Waals surface area contributed by atoms with Crippen LogP contribution in [0.1, 0.15) is 264 Å². The van der Waals surface area contributed by atoms with Crippen molar-refractivity contribution in [3.63, 3.8) is 0 Å². The largest absolute Gasteiger partial charge is 0.459 e. The average molecular weight is 871 g/mol. The molecule has 8 nitrogen and oxygen atoms in total. The van der Waals surface area contributed by atoms with E-state index in [9.17, 15) is 19.2 Å². The molecule has 0 rings (SSSR count). The molecule has 0 aliphatic rings. The maximum Gasteiger partial charge on any atom is 0.312 e. The third-order valence-corrected chi connectivity index (χ3v) is 14.9. The number of carbonyl (C=O) groups is 4. The summed E-state index contributed by atoms with van der Waals surface area (Å²) in [4.78, 5) is 48.0. The number of rotatable bonds is 21. The Hall–Kier alpha value is -2.12. The minimum atomic E-state index is -0.388. The zero-order valence-electron chi connectivity index (χ0n) is 45.8. The molecule has 1 unspecified atom stereocenters. The molecule has 366 valence electrons. The summed E-state index contributed by atoms with van der Waals surface area (Å²) in [7, 11) is 0. The first kappa shape index (κ1) is 65.5. The van der Waals surface area contributed by atoms with Crippen molar-refractivity contribution in [3.05, 3.63) is 0 Å². The van der Waals surface area contributed by atoms with Crippen molar-refractivity contribution in [2.75, 3.05) is 0 Å². The Bertz CT molecular complexity index is 1210. The topological polar surface area (TPSA) is 105 Å². The molecule has 0 spiro atoms. The molecule has 0 aliphatic heterocycles. The summed E-state index contributed by atoms with van der Waals surface area (Å²) < 4.78 is 22.8. The van der Waals surface area contributed by atoms with Crippen LogP contribution < -0.4 is 0 Å². The predicted octanol–water partition coefficient (Wildman–Crippen LogP) is 15.8. The van der Waals surface area contributed by atoms with Crippen LogP contribution in [-0.2, 0) is 38.1 Å². The van der Waals surface area contributed by atoms with E-state index in [1.54, 1.807) is 0 Å². The minimum absolute atomic E-state index is 0.0318. The molecule has 0 amide bonds. The summed E-state index contributed by atoms with van der Waals surface area (Å²) in [5, 5.41) is 0. The van der Waals surface area contributed by atoms with Crippen LogP contribution in [-0.4, -0.2) is 46.3 Å². The SMILES string of the molecule is CCC(C)(C)C(=O)OC(C)(CC)C(C)C.CCC(C)(C)C(=O)OC(CC)(CC)C(C)(C)C.CCC(C)(CC)OC(=O)C(C)(C)CC.CCC(CC)(CC)OC(=O)C(C)(C)CC. The summed E-state index contributed by atoms with van der Waals surface area (Å²) in [5.74, 6) is 0.0579. The first-order chi connectivity index (χ1) is 27.4. The Morgan fingerprint density at radius 3 is 0.836 bits per heavy atom. The van der Waals surface area contributed by atoms with Crippen LogP contribution in [0.4, 0.5) is 0 Å². The van der Waals surface area contributed by atoms with E-state index in [2.05, 4.69) is 90.0 Å². The van der Waals surface area contributed by atoms with Crippen LogP contribution in [0, 0.1) is 33.0 Å². The van der Waals surface area contributed by atoms with E-state index >= 15 is 0 Å². The monoisotopic (exact) mass is 871 g/mol. The zero-order chi connectivity index (χ0) is 49.7. The molecule has 0 heterocycles. The number of hydrogen-bond donors (Lipinski definition) is 0. The molecule has 0 radical (unpaired) electrons. The molecule has 0 bridgehead atoms. The van der Waals surface area contributed by atoms with Gasteiger partial charge in [-0.2, -0.15) is 0 Å². The molecule has 61 heavy (non-hydrogen) atoms. The second-order valence-electron chi connectivity index (χ2n) is 21.7. The van der Waals surface area contributed by atoms with Gasteiger partial charge in [0.15, 0.2) is 0 Å². The van der Waals surface area contributed by atoms with Gasteiger partial charge in [0.1, 0.15) is 22.4 Å². The summed E-state index contributed by atoms with van der Waals surface area (Å²) in [5.41, 5.74) is -2.72. The van der Waals surface area contributed by atoms with Crippen molar-refractivity contribution in [2.45, 2.75) is 286 Å². The molecule has 0 saturated heterocycles. The highest BCUT2D eigenvalue weighted by molar-refractivity contribution is 5.77. The van der Waals surface area contributed by atoms with Crippen molar-refractivity contribution >= 4 is 23.9 Å². The molecule has 0 saturated carbocycles. The summed E-state index contributed by atoms with van der Waals surface area (Å²) in [6.07, 6.45) is 10.2. The average Bonchev–Trinajstić information content (AvgIpc) is 3.21. The normalized spacial score (nSPS) is 13.8. The fourth-order valence-electron chi connectivity index (χ4n) is 5.51. The molecule has 0 aromatic carbocycles. The molecular weight excluding hydrogens is 765 g/mol. The van der Waals surface area contributed by atoms with Gasteiger partial charge in [-0.25, -0.2) is 0 Å². The van der Waals surface area contributed by atoms with Gasteiger partial charge in [-0.15, -0.1) is 0 Å². The second kappa shape index (κ2) is 27.3. The summed E-state index contributed by atoms with van der Waals surface area (Å²) in [6, 6.07) is 0. The van der Waals surface area contributed by atoms with E-state index in [1.165, 1.54) is 0 Å². The maximum atomic E-state index is 12.3. The molecule has 0 aliphatic carbocycles. The molecule has 8 heteroatoms. The van der Waals surface area contributed by atoms with Gasteiger partial charge in [0, 0.05) is 5.41 Å². The fraction of sp³-hybridized carbons (Fsp3) is 0.925. The Balaban J connectivity index is -0.000000356. The highest BCUT2D eigenvalue weighted by atomic mass is 16.6. The Labute approximate surface area is 380 Å². The van der Waals surface area contributed by atoms with Gasteiger partial charge >= 0.3 is 23.9 Å². The van der Waals surface area contributed by atoms with Gasteiger partial charge in [0.05, 0.1) is 21.7 Å². The van der Waals surface area contributed by atoms with Crippen LogP contribution in [0.5, 0.6) is 0 Å². The summed E-state index contributed by atoms with van der Waals surface area (Å²) >= 11 is 0. The van der Waals surface area contributed by atoms with Crippen LogP contribution in [0.2, 0.25) is 0 Å². The lowest BCUT2D eigenvalue weighted by Gasteiger charge is -2.44. The van der Waals surface area contributed by atoms with Crippen molar-refractivity contribution in [1.29, 1.82) is 0 Å². The molecule has 1 atom stereocenters. The van der Waals surface area contributed by atoms with E-state index in [4.69, 9.17) is 18.9 Å². The van der Waals surface area contributed by atoms with Crippen LogP contribution in [0.3, 0.4) is 0 Å². The summed E-state index contributed by atoms with van der Waals surface area (Å²) in [6.45, 7) is 54.8. The molecule has 0 fully saturated rings. The van der Waals surface area contributed by atoms with E-state index in [0.717, 1.165) is 77.0 Å². The Morgan fingerprint density at radius 1 is 0.344 bits per heavy atom. The van der Waals surface area contributed by atoms with Gasteiger partial charge in [0.2, 0.25) is 0 Å². The van der Waals surface area contributed by atoms with Crippen LogP contribution in [0.15, 0.2) is 0 Å². The molecular formula is C53H106O8. The van der Waals surface area contributed by atoms with Gasteiger partial charge in [-0.3, -0.25) is 19.2 Å². The first-order valence-corrected chi connectivity index (χ1v) is 24.4. The van der Waals surface area contributed by atoms with E-state index in [1.807, 2.05) is 96.9 Å². The first-order valence-electron chi connectivity index (χ1n) is 24.4. The van der Waals surface area contributed by atoms with Crippen molar-refractivity contribution in [2.24, 2.45) is 33.0 Å². The maximum absolute atomic E-state index is 12.3. The lowest BCUT2D eigenvalue weighted by molar-refractivity contribution is -0.185. The number of carbonyl (C=O) groups excluding carboxylic acids is 4. The Morgan fingerprint density at radius 2 is 0.623 bits per heavy atom. The van der Waals surface area contributed by atoms with Crippen LogP contribution >= 0.6 is 0 Å². The lowest BCUT2D eigenvalue weighted by Crippen LogP contribution is -2.48. The third kappa shape index (κ3) is 21.0. The number of ether oxygens (including phenoxy) is 4. The second-order valence-corrected chi connectivity index (χ2v) is 21.7. The smallest absolute Gasteiger partial charge is 0.312 e. The van der Waals surface area contributed by atoms with Gasteiger partial charge in [0.25, 0.3) is 0 Å². The van der Waals surface area contributed by atoms with Crippen molar-refractivity contribution in [1.82, 2.24) is 0 Å². The number of hydrogen-bond acceptors (Lipinski definition) is 8. The van der Waals surface area contributed by atoms with E-state index in [-0.39, 0.29) is 73.4 Å². The lowest BCUT2D eigenvalue weighted by atomic mass is 9.72. The predicted molar refractivity (Wildman–Crippen MR) is 260 cm³/mol.